The van der Waals surface area contributed by atoms with Crippen LogP contribution < -0.4 is 0 Å². The summed E-state index contributed by atoms with van der Waals surface area (Å²) in [7, 11) is 0. The van der Waals surface area contributed by atoms with Gasteiger partial charge in [0.05, 0.1) is 11.2 Å². The van der Waals surface area contributed by atoms with Crippen LogP contribution >= 0.6 is 34.8 Å². The van der Waals surface area contributed by atoms with Crippen LogP contribution in [0.1, 0.15) is 15.9 Å². The molecule has 27 heavy (non-hydrogen) atoms. The van der Waals surface area contributed by atoms with Crippen molar-refractivity contribution in [2.24, 2.45) is 0 Å². The van der Waals surface area contributed by atoms with Gasteiger partial charge >= 0.3 is 0 Å². The normalized spacial score (nSPS) is 10.9. The second kappa shape index (κ2) is 7.28. The van der Waals surface area contributed by atoms with E-state index in [1.54, 1.807) is 54.6 Å². The van der Waals surface area contributed by atoms with E-state index in [1.165, 1.54) is 0 Å². The summed E-state index contributed by atoms with van der Waals surface area (Å²) in [5.74, 6) is -0.111. The number of aromatic nitrogens is 2. The smallest absolute Gasteiger partial charge is 0.223 e. The van der Waals surface area contributed by atoms with Crippen LogP contribution in [0.5, 0.6) is 0 Å². The first-order valence-electron chi connectivity index (χ1n) is 8.05. The number of hydrogen-bond donors (Lipinski definition) is 0. The summed E-state index contributed by atoms with van der Waals surface area (Å²) in [6.45, 7) is 0. The van der Waals surface area contributed by atoms with E-state index in [0.717, 1.165) is 10.9 Å². The Labute approximate surface area is 170 Å². The number of ketones is 1. The second-order valence-electron chi connectivity index (χ2n) is 5.92. The fraction of sp³-hybridized carbons (Fsp3) is 0. The van der Waals surface area contributed by atoms with Gasteiger partial charge in [0.25, 0.3) is 0 Å². The van der Waals surface area contributed by atoms with Crippen LogP contribution in [-0.2, 0) is 0 Å². The Morgan fingerprint density at radius 2 is 1.48 bits per heavy atom. The third-order valence-electron chi connectivity index (χ3n) is 4.14. The Hall–Kier alpha value is -2.46. The average Bonchev–Trinajstić information content (AvgIpc) is 2.67. The molecule has 0 saturated heterocycles. The van der Waals surface area contributed by atoms with Crippen LogP contribution in [0.2, 0.25) is 15.3 Å². The van der Waals surface area contributed by atoms with Gasteiger partial charge in [-0.1, -0.05) is 35.3 Å². The molecule has 0 spiro atoms. The molecule has 132 valence electrons. The van der Waals surface area contributed by atoms with Crippen LogP contribution in [0, 0.1) is 0 Å². The molecule has 4 rings (SSSR count). The van der Waals surface area contributed by atoms with Gasteiger partial charge in [0.2, 0.25) is 5.28 Å². The van der Waals surface area contributed by atoms with Gasteiger partial charge < -0.3 is 0 Å². The van der Waals surface area contributed by atoms with Gasteiger partial charge in [-0.05, 0) is 66.2 Å². The third-order valence-corrected chi connectivity index (χ3v) is 4.79. The number of carbonyl (C=O) groups excluding carboxylic acids is 1. The zero-order chi connectivity index (χ0) is 19.0. The maximum atomic E-state index is 12.8. The molecule has 4 aromatic rings. The molecule has 0 aliphatic carbocycles. The summed E-state index contributed by atoms with van der Waals surface area (Å²) >= 11 is 18.1. The molecule has 3 aromatic carbocycles. The first-order valence-corrected chi connectivity index (χ1v) is 9.18. The molecule has 0 N–H and O–H groups in total. The number of rotatable bonds is 3. The van der Waals surface area contributed by atoms with Crippen LogP contribution in [0.4, 0.5) is 0 Å². The number of nitrogens with zero attached hydrogens (tertiary/aromatic N) is 2. The highest BCUT2D eigenvalue weighted by atomic mass is 35.5. The van der Waals surface area contributed by atoms with Crippen LogP contribution in [0.3, 0.4) is 0 Å². The second-order valence-corrected chi connectivity index (χ2v) is 7.13. The highest BCUT2D eigenvalue weighted by molar-refractivity contribution is 6.31. The Bertz CT molecular complexity index is 1170. The Kier molecular flexibility index (Phi) is 4.83. The predicted octanol–water partition coefficient (Wildman–Crippen LogP) is 6.49. The van der Waals surface area contributed by atoms with Gasteiger partial charge in [-0.15, -0.1) is 0 Å². The van der Waals surface area contributed by atoms with Gasteiger partial charge in [0, 0.05) is 32.1 Å². The zero-order valence-electron chi connectivity index (χ0n) is 13.8. The average molecular weight is 414 g/mol. The first-order chi connectivity index (χ1) is 13.0. The molecule has 3 nitrogen and oxygen atoms in total. The standard InChI is InChI=1S/C21H11Cl3N2O/c22-15-7-4-12(5-8-15)20(27)14-6-9-18-17(11-14)19(26-21(24)25-18)13-2-1-3-16(23)10-13/h1-11H. The molecule has 0 fully saturated rings. The van der Waals surface area contributed by atoms with Crippen molar-refractivity contribution < 1.29 is 4.79 Å². The molecule has 6 heteroatoms. The van der Waals surface area contributed by atoms with E-state index in [2.05, 4.69) is 9.97 Å². The van der Waals surface area contributed by atoms with Crippen LogP contribution in [-0.4, -0.2) is 15.8 Å². The van der Waals surface area contributed by atoms with Gasteiger partial charge in [-0.3, -0.25) is 4.79 Å². The fourth-order valence-electron chi connectivity index (χ4n) is 2.87. The molecular formula is C21H11Cl3N2O. The van der Waals surface area contributed by atoms with Crippen molar-refractivity contribution in [2.45, 2.75) is 0 Å². The SMILES string of the molecule is O=C(c1ccc(Cl)cc1)c1ccc2nc(Cl)nc(-c3cccc(Cl)c3)c2c1. The van der Waals surface area contributed by atoms with E-state index in [0.29, 0.717) is 32.4 Å². The summed E-state index contributed by atoms with van der Waals surface area (Å²) in [4.78, 5) is 21.5. The number of benzene rings is 3. The zero-order valence-corrected chi connectivity index (χ0v) is 16.1. The van der Waals surface area contributed by atoms with E-state index in [9.17, 15) is 4.79 Å². The number of hydrogen-bond acceptors (Lipinski definition) is 3. The van der Waals surface area contributed by atoms with Crippen molar-refractivity contribution in [1.29, 1.82) is 0 Å². The monoisotopic (exact) mass is 412 g/mol. The maximum absolute atomic E-state index is 12.8. The Morgan fingerprint density at radius 1 is 0.741 bits per heavy atom. The molecule has 1 heterocycles. The number of fused-ring (bicyclic) bond motifs is 1. The highest BCUT2D eigenvalue weighted by Gasteiger charge is 2.14. The van der Waals surface area contributed by atoms with Crippen molar-refractivity contribution in [3.63, 3.8) is 0 Å². The minimum atomic E-state index is -0.111. The lowest BCUT2D eigenvalue weighted by Crippen LogP contribution is -2.02. The van der Waals surface area contributed by atoms with Crippen molar-refractivity contribution in [3.8, 4) is 11.3 Å². The van der Waals surface area contributed by atoms with Crippen molar-refractivity contribution >= 4 is 51.5 Å². The molecule has 0 unspecified atom stereocenters. The van der Waals surface area contributed by atoms with Gasteiger partial charge in [-0.2, -0.15) is 0 Å². The van der Waals surface area contributed by atoms with Crippen LogP contribution in [0.25, 0.3) is 22.2 Å². The lowest BCUT2D eigenvalue weighted by Gasteiger charge is -2.09. The van der Waals surface area contributed by atoms with Crippen molar-refractivity contribution in [3.05, 3.63) is 93.2 Å². The molecule has 0 atom stereocenters. The fourth-order valence-corrected chi connectivity index (χ4v) is 3.36. The Balaban J connectivity index is 1.88. The minimum Gasteiger partial charge on any atom is -0.289 e. The van der Waals surface area contributed by atoms with E-state index in [4.69, 9.17) is 34.8 Å². The van der Waals surface area contributed by atoms with Gasteiger partial charge in [0.1, 0.15) is 0 Å². The molecule has 0 bridgehead atoms. The summed E-state index contributed by atoms with van der Waals surface area (Å²) in [5, 5.41) is 2.02. The molecule has 0 aliphatic rings. The summed E-state index contributed by atoms with van der Waals surface area (Å²) in [5.41, 5.74) is 3.15. The number of halogens is 3. The quantitative estimate of drug-likeness (QED) is 0.285. The highest BCUT2D eigenvalue weighted by Crippen LogP contribution is 2.30. The molecule has 0 aliphatic heterocycles. The maximum Gasteiger partial charge on any atom is 0.223 e. The van der Waals surface area contributed by atoms with Gasteiger partial charge in [0.15, 0.2) is 5.78 Å². The van der Waals surface area contributed by atoms with E-state index < -0.39 is 0 Å². The molecule has 0 radical (unpaired) electrons. The lowest BCUT2D eigenvalue weighted by atomic mass is 9.99. The van der Waals surface area contributed by atoms with Gasteiger partial charge in [-0.25, -0.2) is 9.97 Å². The van der Waals surface area contributed by atoms with Crippen molar-refractivity contribution in [1.82, 2.24) is 9.97 Å². The topological polar surface area (TPSA) is 42.9 Å². The predicted molar refractivity (Wildman–Crippen MR) is 110 cm³/mol. The van der Waals surface area contributed by atoms with Crippen LogP contribution in [0.15, 0.2) is 66.7 Å². The minimum absolute atomic E-state index is 0.111. The van der Waals surface area contributed by atoms with E-state index in [1.807, 2.05) is 12.1 Å². The summed E-state index contributed by atoms with van der Waals surface area (Å²) in [6, 6.07) is 19.4. The largest absolute Gasteiger partial charge is 0.289 e. The van der Waals surface area contributed by atoms with Crippen molar-refractivity contribution in [2.75, 3.05) is 0 Å². The van der Waals surface area contributed by atoms with E-state index >= 15 is 0 Å². The molecule has 0 amide bonds. The molecule has 1 aromatic heterocycles. The number of carbonyl (C=O) groups is 1. The van der Waals surface area contributed by atoms with E-state index in [-0.39, 0.29) is 11.1 Å². The molecular weight excluding hydrogens is 403 g/mol. The molecule has 0 saturated carbocycles. The Morgan fingerprint density at radius 3 is 2.22 bits per heavy atom. The summed E-state index contributed by atoms with van der Waals surface area (Å²) in [6.07, 6.45) is 0. The summed E-state index contributed by atoms with van der Waals surface area (Å²) < 4.78 is 0. The first kappa shape index (κ1) is 17.9. The third kappa shape index (κ3) is 3.67. The lowest BCUT2D eigenvalue weighted by molar-refractivity contribution is 0.103.